The van der Waals surface area contributed by atoms with E-state index < -0.39 is 17.5 Å². The van der Waals surface area contributed by atoms with Crippen molar-refractivity contribution in [2.75, 3.05) is 39.4 Å². The van der Waals surface area contributed by atoms with E-state index in [4.69, 9.17) is 4.74 Å². The summed E-state index contributed by atoms with van der Waals surface area (Å²) in [7, 11) is 0. The number of benzene rings is 1. The van der Waals surface area contributed by atoms with Gasteiger partial charge in [-0.3, -0.25) is 14.4 Å². The number of aliphatic hydroxyl groups excluding tert-OH is 1. The van der Waals surface area contributed by atoms with Gasteiger partial charge in [-0.1, -0.05) is 45.0 Å². The van der Waals surface area contributed by atoms with Crippen LogP contribution in [0.1, 0.15) is 89.9 Å². The minimum Gasteiger partial charge on any atom is -0.393 e. The Labute approximate surface area is 278 Å². The Hall–Kier alpha value is -2.86. The lowest BCUT2D eigenvalue weighted by atomic mass is 9.85. The Bertz CT molecular complexity index is 1290. The molecular formula is C35H53N5O5S. The van der Waals surface area contributed by atoms with Gasteiger partial charge >= 0.3 is 0 Å². The number of hydrogen-bond acceptors (Lipinski definition) is 8. The van der Waals surface area contributed by atoms with Crippen molar-refractivity contribution in [1.29, 1.82) is 0 Å². The molecule has 2 aromatic rings. The topological polar surface area (TPSA) is 124 Å². The molecule has 3 heterocycles. The molecule has 0 radical (unpaired) electrons. The number of aryl methyl sites for hydroxylation is 1. The van der Waals surface area contributed by atoms with Crippen LogP contribution < -0.4 is 10.6 Å². The zero-order chi connectivity index (χ0) is 33.3. The zero-order valence-corrected chi connectivity index (χ0v) is 29.0. The first-order valence-electron chi connectivity index (χ1n) is 16.8. The molecule has 1 aromatic heterocycles. The van der Waals surface area contributed by atoms with Crippen LogP contribution in [0.2, 0.25) is 0 Å². The molecule has 0 aliphatic carbocycles. The third kappa shape index (κ3) is 10.1. The van der Waals surface area contributed by atoms with Crippen molar-refractivity contribution in [3.63, 3.8) is 0 Å². The number of carbonyl (C=O) groups excluding carboxylic acids is 3. The van der Waals surface area contributed by atoms with Crippen LogP contribution in [0.5, 0.6) is 0 Å². The molecule has 254 valence electrons. The van der Waals surface area contributed by atoms with Gasteiger partial charge in [0, 0.05) is 26.2 Å². The van der Waals surface area contributed by atoms with E-state index in [1.807, 2.05) is 64.4 Å². The quantitative estimate of drug-likeness (QED) is 0.257. The predicted molar refractivity (Wildman–Crippen MR) is 181 cm³/mol. The molecule has 2 fully saturated rings. The molecule has 0 saturated carbocycles. The number of nitrogens with zero attached hydrogens (tertiary/aromatic N) is 3. The number of thiazole rings is 1. The van der Waals surface area contributed by atoms with Gasteiger partial charge in [-0.15, -0.1) is 11.3 Å². The summed E-state index contributed by atoms with van der Waals surface area (Å²) >= 11 is 1.61. The van der Waals surface area contributed by atoms with Gasteiger partial charge in [0.15, 0.2) is 0 Å². The highest BCUT2D eigenvalue weighted by molar-refractivity contribution is 7.13. The number of hydrogen-bond donors (Lipinski definition) is 3. The van der Waals surface area contributed by atoms with Crippen LogP contribution in [0.25, 0.3) is 10.4 Å². The summed E-state index contributed by atoms with van der Waals surface area (Å²) in [6.07, 6.45) is 5.81. The number of rotatable bonds is 14. The van der Waals surface area contributed by atoms with Gasteiger partial charge in [0.25, 0.3) is 0 Å². The molecular weight excluding hydrogens is 602 g/mol. The highest BCUT2D eigenvalue weighted by Gasteiger charge is 2.42. The normalized spacial score (nSPS) is 19.2. The molecule has 3 unspecified atom stereocenters. The second kappa shape index (κ2) is 16.8. The number of unbranched alkanes of at least 4 members (excludes halogenated alkanes) is 2. The fraction of sp³-hybridized carbons (Fsp3) is 0.657. The van der Waals surface area contributed by atoms with Crippen LogP contribution >= 0.6 is 11.3 Å². The van der Waals surface area contributed by atoms with Gasteiger partial charge in [-0.05, 0) is 81.9 Å². The fourth-order valence-electron chi connectivity index (χ4n) is 6.24. The first-order valence-corrected chi connectivity index (χ1v) is 17.7. The number of ether oxygens (including phenoxy) is 1. The molecule has 0 bridgehead atoms. The van der Waals surface area contributed by atoms with Crippen molar-refractivity contribution < 1.29 is 24.2 Å². The Morgan fingerprint density at radius 3 is 2.41 bits per heavy atom. The largest absolute Gasteiger partial charge is 0.393 e. The first-order chi connectivity index (χ1) is 21.9. The Kier molecular flexibility index (Phi) is 13.1. The fourth-order valence-corrected chi connectivity index (χ4v) is 7.05. The van der Waals surface area contributed by atoms with Crippen molar-refractivity contribution in [3.05, 3.63) is 41.0 Å². The van der Waals surface area contributed by atoms with Gasteiger partial charge in [0.1, 0.15) is 18.7 Å². The Morgan fingerprint density at radius 2 is 1.76 bits per heavy atom. The lowest BCUT2D eigenvalue weighted by Crippen LogP contribution is -2.58. The maximum absolute atomic E-state index is 13.8. The van der Waals surface area contributed by atoms with E-state index in [9.17, 15) is 19.5 Å². The molecule has 3 N–H and O–H groups in total. The number of nitrogens with one attached hydrogen (secondary N) is 2. The van der Waals surface area contributed by atoms with E-state index in [0.29, 0.717) is 19.6 Å². The summed E-state index contributed by atoms with van der Waals surface area (Å²) in [6.45, 7) is 13.5. The number of aliphatic hydroxyl groups is 1. The van der Waals surface area contributed by atoms with Crippen molar-refractivity contribution in [2.45, 2.75) is 104 Å². The summed E-state index contributed by atoms with van der Waals surface area (Å²) in [5.41, 5.74) is 4.37. The van der Waals surface area contributed by atoms with Crippen LogP contribution in [-0.4, -0.2) is 95.2 Å². The van der Waals surface area contributed by atoms with E-state index in [1.165, 1.54) is 0 Å². The second-order valence-corrected chi connectivity index (χ2v) is 14.7. The van der Waals surface area contributed by atoms with Gasteiger partial charge in [-0.25, -0.2) is 4.98 Å². The third-order valence-corrected chi connectivity index (χ3v) is 10.1. The average Bonchev–Trinajstić information content (AvgIpc) is 3.69. The van der Waals surface area contributed by atoms with Crippen molar-refractivity contribution in [1.82, 2.24) is 25.4 Å². The monoisotopic (exact) mass is 655 g/mol. The predicted octanol–water partition coefficient (Wildman–Crippen LogP) is 4.46. The summed E-state index contributed by atoms with van der Waals surface area (Å²) in [4.78, 5) is 49.7. The van der Waals surface area contributed by atoms with Crippen LogP contribution in [-0.2, 0) is 19.1 Å². The molecule has 10 nitrogen and oxygen atoms in total. The maximum atomic E-state index is 13.8. The van der Waals surface area contributed by atoms with E-state index >= 15 is 0 Å². The Morgan fingerprint density at radius 1 is 1.04 bits per heavy atom. The van der Waals surface area contributed by atoms with E-state index in [2.05, 4.69) is 20.5 Å². The molecule has 4 rings (SSSR count). The van der Waals surface area contributed by atoms with Gasteiger partial charge in [0.05, 0.1) is 28.2 Å². The Balaban J connectivity index is 1.23. The standard InChI is InChI=1S/C35H53N5O5S/c1-24(26-11-13-27(14-12-26)31-25(2)36-23-46-31)37-33(43)29-10-9-18-40(29)34(44)32(35(3,4)5)38-30(42)22-45-21-8-6-7-17-39-19-15-28(41)16-20-39/h11-14,23-24,28-29,32,41H,6-10,15-22H2,1-5H3,(H,37,43)(H,38,42). The van der Waals surface area contributed by atoms with Crippen molar-refractivity contribution in [2.24, 2.45) is 5.41 Å². The molecule has 2 saturated heterocycles. The number of aromatic nitrogens is 1. The molecule has 11 heteroatoms. The smallest absolute Gasteiger partial charge is 0.246 e. The van der Waals surface area contributed by atoms with Crippen LogP contribution in [0.3, 0.4) is 0 Å². The molecule has 3 amide bonds. The van der Waals surface area contributed by atoms with Crippen LogP contribution in [0, 0.1) is 12.3 Å². The van der Waals surface area contributed by atoms with E-state index in [1.54, 1.807) is 16.2 Å². The van der Waals surface area contributed by atoms with Crippen LogP contribution in [0.15, 0.2) is 29.8 Å². The highest BCUT2D eigenvalue weighted by Crippen LogP contribution is 2.29. The van der Waals surface area contributed by atoms with Gasteiger partial charge in [-0.2, -0.15) is 0 Å². The van der Waals surface area contributed by atoms with Gasteiger partial charge in [0.2, 0.25) is 17.7 Å². The number of piperidine rings is 1. The SMILES string of the molecule is Cc1ncsc1-c1ccc(C(C)NC(=O)C2CCCN2C(=O)C(NC(=O)COCCCCCN2CCC(O)CC2)C(C)(C)C)cc1. The summed E-state index contributed by atoms with van der Waals surface area (Å²) in [5, 5.41) is 15.7. The molecule has 2 aliphatic rings. The lowest BCUT2D eigenvalue weighted by Gasteiger charge is -2.35. The van der Waals surface area contributed by atoms with Crippen LogP contribution in [0.4, 0.5) is 0 Å². The third-order valence-electron chi connectivity index (χ3n) is 9.09. The molecule has 46 heavy (non-hydrogen) atoms. The van der Waals surface area contributed by atoms with Crippen molar-refractivity contribution >= 4 is 29.1 Å². The average molecular weight is 656 g/mol. The highest BCUT2D eigenvalue weighted by atomic mass is 32.1. The maximum Gasteiger partial charge on any atom is 0.246 e. The molecule has 0 spiro atoms. The summed E-state index contributed by atoms with van der Waals surface area (Å²) in [5.74, 6) is -0.743. The molecule has 2 aliphatic heterocycles. The van der Waals surface area contributed by atoms with Crippen molar-refractivity contribution in [3.8, 4) is 10.4 Å². The summed E-state index contributed by atoms with van der Waals surface area (Å²) in [6, 6.07) is 6.56. The number of likely N-dealkylation sites (tertiary alicyclic amines) is 2. The number of amides is 3. The van der Waals surface area contributed by atoms with Gasteiger partial charge < -0.3 is 30.3 Å². The minimum atomic E-state index is -0.778. The molecule has 3 atom stereocenters. The lowest BCUT2D eigenvalue weighted by molar-refractivity contribution is -0.144. The number of carbonyl (C=O) groups is 3. The van der Waals surface area contributed by atoms with E-state index in [0.717, 1.165) is 79.9 Å². The zero-order valence-electron chi connectivity index (χ0n) is 28.2. The van der Waals surface area contributed by atoms with E-state index in [-0.39, 0.29) is 36.5 Å². The molecule has 1 aromatic carbocycles. The second-order valence-electron chi connectivity index (χ2n) is 13.9. The minimum absolute atomic E-state index is 0.105. The first kappa shape index (κ1) is 36.0. The summed E-state index contributed by atoms with van der Waals surface area (Å²) < 4.78 is 5.65.